The zero-order valence-electron chi connectivity index (χ0n) is 74.1. The number of ether oxygens (including phenoxy) is 8. The van der Waals surface area contributed by atoms with Gasteiger partial charge in [0.05, 0.1) is 23.0 Å². The Morgan fingerprint density at radius 3 is 0.888 bits per heavy atom. The van der Waals surface area contributed by atoms with E-state index in [0.717, 1.165) is 75.4 Å². The second kappa shape index (κ2) is 37.7. The Morgan fingerprint density at radius 1 is 0.336 bits per heavy atom. The number of ketones is 2. The number of carboxylic acid groups (broad SMARTS) is 6. The number of carbonyl (C=O) groups is 8. The van der Waals surface area contributed by atoms with E-state index >= 15 is 0 Å². The Morgan fingerprint density at radius 2 is 0.608 bits per heavy atom. The standard InChI is InChI=1S/2C42H62O16.4H3N.5H2O/c2*1-37(2)21-8-11-42(7)31(20(43)16-18-19-17-39(4,36(53)54)13-12-38(19,3)14-15-41(18,42)6)40(21,5)10-9-22(37)55-35-30(26(47)25(46)29(57-35)33(51)52)58-34-27(48)23(44)24(45)28(56-34)32(49)50;;;;;;;;;/h2*16,19,21-31,34-35,44-48H,8-15,17H2,1-7H3,(H,49,50)(H,51,52)(H,53,54);4*1H3;5*1H2/t2*19-,21-,22-,23-,24-,25-,26-,27+,28-,29-,30+,31+,34+,35-,38+,39-,40-,41+,42+;;;;;;;;;/m00........./s1. The topological polar surface area (TPSA) is 832 Å². The van der Waals surface area contributed by atoms with Gasteiger partial charge in [0.25, 0.3) is 0 Å². The molecule has 125 heavy (non-hydrogen) atoms. The zero-order valence-corrected chi connectivity index (χ0v) is 74.1. The maximum absolute atomic E-state index is 14.8. The molecule has 0 aromatic rings. The molecule has 38 N–H and O–H groups in total. The van der Waals surface area contributed by atoms with E-state index in [2.05, 4.69) is 55.4 Å². The van der Waals surface area contributed by atoms with Crippen molar-refractivity contribution in [1.29, 1.82) is 0 Å². The lowest BCUT2D eigenvalue weighted by atomic mass is 9.33. The van der Waals surface area contributed by atoms with E-state index in [4.69, 9.17) is 37.9 Å². The lowest BCUT2D eigenvalue weighted by Crippen LogP contribution is -2.68. The number of carbonyl (C=O) groups excluding carboxylic acids is 2. The van der Waals surface area contributed by atoms with E-state index in [1.165, 1.54) is 0 Å². The van der Waals surface area contributed by atoms with Crippen LogP contribution in [0.25, 0.3) is 0 Å². The molecule has 0 spiro atoms. The van der Waals surface area contributed by atoms with Crippen LogP contribution in [0.4, 0.5) is 0 Å². The summed E-state index contributed by atoms with van der Waals surface area (Å²) in [6.07, 6.45) is -24.5. The second-order valence-corrected chi connectivity index (χ2v) is 41.2. The van der Waals surface area contributed by atoms with Crippen LogP contribution in [-0.2, 0) is 76.3 Å². The minimum absolute atomic E-state index is 0. The molecule has 14 aliphatic rings. The number of hydrogen-bond donors (Lipinski definition) is 20. The Balaban J connectivity index is 0.000000489. The van der Waals surface area contributed by atoms with E-state index in [1.807, 2.05) is 53.7 Å². The molecule has 0 bridgehead atoms. The normalized spacial score (nSPS) is 48.8. The second-order valence-electron chi connectivity index (χ2n) is 41.2. The number of aliphatic carboxylic acids is 6. The first kappa shape index (κ1) is 112. The highest BCUT2D eigenvalue weighted by atomic mass is 16.8. The van der Waals surface area contributed by atoms with Crippen LogP contribution in [0.5, 0.6) is 0 Å². The van der Waals surface area contributed by atoms with Crippen LogP contribution >= 0.6 is 0 Å². The average molecular weight is 1800 g/mol. The minimum atomic E-state index is -2.05. The summed E-state index contributed by atoms with van der Waals surface area (Å²) < 4.78 is 46.8. The molecule has 10 aliphatic carbocycles. The highest BCUT2D eigenvalue weighted by Gasteiger charge is 2.74. The van der Waals surface area contributed by atoms with Gasteiger partial charge in [0.2, 0.25) is 0 Å². The van der Waals surface area contributed by atoms with Crippen molar-refractivity contribution in [3.63, 3.8) is 0 Å². The number of aliphatic hydroxyl groups excluding tert-OH is 10. The Kier molecular flexibility index (Phi) is 33.7. The summed E-state index contributed by atoms with van der Waals surface area (Å²) in [7, 11) is 0. The van der Waals surface area contributed by atoms with E-state index in [-0.39, 0.29) is 121 Å². The highest BCUT2D eigenvalue weighted by Crippen LogP contribution is 2.78. The molecule has 0 radical (unpaired) electrons. The zero-order chi connectivity index (χ0) is 85.7. The van der Waals surface area contributed by atoms with Crippen molar-refractivity contribution < 1.29 is 185 Å². The van der Waals surface area contributed by atoms with Crippen LogP contribution in [-0.4, -0.2) is 291 Å². The van der Waals surface area contributed by atoms with Crippen molar-refractivity contribution in [3.8, 4) is 0 Å². The highest BCUT2D eigenvalue weighted by molar-refractivity contribution is 5.96. The SMILES string of the molecule is CC1(C)[C@@H](O[C@H]2O[C@H](C(=O)O)[C@@H](O)[C@H](O)[C@H]2O[C@H]2O[C@H](C(=O)O)[C@@H](O)[C@H](O)[C@H]2O)CC[C@]2(C)[C@H]3C(=O)C=C4[C@@H]5C[C@@](C)(C(=O)O)CC[C@]5(C)CC[C@@]4(C)[C@]3(C)CC[C@@H]12.CC1(C)[C@@H](O[C@H]2O[C@H](C(=O)O)[C@@H](O)[C@H](O)[C@H]2O[C@H]2O[C@H](C(=O)O)[C@@H](O)[C@H](O)[C@H]2O)CC[C@]2(C)[C@H]3C(=O)C=C4[C@@H]5C[C@@](C)(C(=O)O)CC[C@]5(C)CC[C@@]4(C)[C@]3(C)CC[C@@H]12.N.N.N.N.O.O.O.O.O. The van der Waals surface area contributed by atoms with Gasteiger partial charge < -0.3 is 172 Å². The number of aliphatic hydroxyl groups is 10. The van der Waals surface area contributed by atoms with Crippen molar-refractivity contribution in [2.75, 3.05) is 0 Å². The Labute approximate surface area is 725 Å². The molecular weight excluding hydrogens is 1660 g/mol. The van der Waals surface area contributed by atoms with Crippen LogP contribution in [0.1, 0.15) is 213 Å². The monoisotopic (exact) mass is 1800 g/mol. The van der Waals surface area contributed by atoms with Gasteiger partial charge in [0.15, 0.2) is 61.1 Å². The number of allylic oxidation sites excluding steroid dienone is 4. The van der Waals surface area contributed by atoms with Gasteiger partial charge in [-0.05, 0) is 219 Å². The van der Waals surface area contributed by atoms with E-state index < -0.39 is 214 Å². The lowest BCUT2D eigenvalue weighted by Gasteiger charge is -2.70. The van der Waals surface area contributed by atoms with Crippen molar-refractivity contribution in [2.24, 2.45) is 100 Å². The molecule has 0 aromatic carbocycles. The molecule has 41 nitrogen and oxygen atoms in total. The third kappa shape index (κ3) is 17.1. The molecule has 41 heteroatoms. The maximum Gasteiger partial charge on any atom is 0.335 e. The molecule has 38 atom stereocenters. The van der Waals surface area contributed by atoms with Crippen molar-refractivity contribution in [3.05, 3.63) is 23.3 Å². The van der Waals surface area contributed by atoms with Crippen LogP contribution in [0.3, 0.4) is 0 Å². The molecule has 0 amide bonds. The fourth-order valence-corrected chi connectivity index (χ4v) is 26.7. The quantitative estimate of drug-likeness (QED) is 0.108. The van der Waals surface area contributed by atoms with Crippen molar-refractivity contribution in [1.82, 2.24) is 24.6 Å². The first-order valence-corrected chi connectivity index (χ1v) is 41.5. The van der Waals surface area contributed by atoms with Gasteiger partial charge in [-0.15, -0.1) is 0 Å². The summed E-state index contributed by atoms with van der Waals surface area (Å²) in [4.78, 5) is 103. The summed E-state index contributed by atoms with van der Waals surface area (Å²) >= 11 is 0. The van der Waals surface area contributed by atoms with Gasteiger partial charge in [0, 0.05) is 11.8 Å². The number of carboxylic acids is 6. The first-order valence-electron chi connectivity index (χ1n) is 41.5. The predicted molar refractivity (Wildman–Crippen MR) is 437 cm³/mol. The summed E-state index contributed by atoms with van der Waals surface area (Å²) in [5.74, 6) is -8.94. The average Bonchev–Trinajstić information content (AvgIpc) is 0.675. The fourth-order valence-electron chi connectivity index (χ4n) is 26.7. The van der Waals surface area contributed by atoms with Gasteiger partial charge in [-0.1, -0.05) is 94.2 Å². The van der Waals surface area contributed by atoms with Crippen LogP contribution in [0, 0.1) is 100 Å². The third-order valence-electron chi connectivity index (χ3n) is 34.4. The van der Waals surface area contributed by atoms with E-state index in [9.17, 15) is 120 Å². The Bertz CT molecular complexity index is 3740. The largest absolute Gasteiger partial charge is 0.481 e. The molecule has 0 aromatic heterocycles. The smallest absolute Gasteiger partial charge is 0.335 e. The maximum atomic E-state index is 14.8. The number of fused-ring (bicyclic) bond motifs is 14. The summed E-state index contributed by atoms with van der Waals surface area (Å²) in [6.45, 7) is 29.7. The molecule has 4 aliphatic heterocycles. The van der Waals surface area contributed by atoms with Gasteiger partial charge in [-0.3, -0.25) is 19.2 Å². The van der Waals surface area contributed by atoms with E-state index in [1.54, 1.807) is 0 Å². The van der Waals surface area contributed by atoms with Gasteiger partial charge in [0.1, 0.15) is 73.2 Å². The van der Waals surface area contributed by atoms with Crippen LogP contribution in [0.2, 0.25) is 0 Å². The molecule has 14 rings (SSSR count). The molecular formula is C84H146N4O37. The van der Waals surface area contributed by atoms with Crippen molar-refractivity contribution in [2.45, 2.75) is 348 Å². The van der Waals surface area contributed by atoms with Crippen LogP contribution in [0.15, 0.2) is 23.3 Å². The fraction of sp³-hybridized carbons (Fsp3) is 0.857. The molecule has 8 saturated carbocycles. The predicted octanol–water partition coefficient (Wildman–Crippen LogP) is 1.02. The van der Waals surface area contributed by atoms with Crippen LogP contribution < -0.4 is 24.6 Å². The lowest BCUT2D eigenvalue weighted by molar-refractivity contribution is -0.371. The van der Waals surface area contributed by atoms with Crippen molar-refractivity contribution >= 4 is 47.4 Å². The van der Waals surface area contributed by atoms with E-state index in [0.29, 0.717) is 51.4 Å². The van der Waals surface area contributed by atoms with Gasteiger partial charge >= 0.3 is 35.8 Å². The third-order valence-corrected chi connectivity index (χ3v) is 34.4. The summed E-state index contributed by atoms with van der Waals surface area (Å²) in [6, 6.07) is 0. The molecule has 12 fully saturated rings. The Hall–Kier alpha value is -5.44. The molecule has 4 heterocycles. The molecule has 0 unspecified atom stereocenters. The first-order chi connectivity index (χ1) is 53.5. The molecule has 724 valence electrons. The summed E-state index contributed by atoms with van der Waals surface area (Å²) in [5.41, 5.74) is -3.62. The molecule has 4 saturated heterocycles. The minimum Gasteiger partial charge on any atom is -0.481 e. The number of rotatable bonds is 14. The number of hydrogen-bond acceptors (Lipinski definition) is 30. The summed E-state index contributed by atoms with van der Waals surface area (Å²) in [5, 5.41) is 166. The van der Waals surface area contributed by atoms with Gasteiger partial charge in [-0.25, -0.2) is 19.2 Å². The van der Waals surface area contributed by atoms with Gasteiger partial charge in [-0.2, -0.15) is 0 Å².